The van der Waals surface area contributed by atoms with E-state index in [1.807, 2.05) is 23.7 Å². The molecule has 3 atom stereocenters. The zero-order chi connectivity index (χ0) is 24.8. The summed E-state index contributed by atoms with van der Waals surface area (Å²) in [6.07, 6.45) is 10.4. The highest BCUT2D eigenvalue weighted by Crippen LogP contribution is 2.49. The Morgan fingerprint density at radius 1 is 1.19 bits per heavy atom. The summed E-state index contributed by atoms with van der Waals surface area (Å²) < 4.78 is 22.9. The normalized spacial score (nSPS) is 21.5. The van der Waals surface area contributed by atoms with Gasteiger partial charge in [0.1, 0.15) is 17.9 Å². The van der Waals surface area contributed by atoms with Crippen LogP contribution in [-0.2, 0) is 9.53 Å². The molecule has 1 aromatic carbocycles. The number of hydrogen-bond donors (Lipinski definition) is 1. The van der Waals surface area contributed by atoms with E-state index >= 15 is 4.39 Å². The van der Waals surface area contributed by atoms with E-state index in [2.05, 4.69) is 20.4 Å². The van der Waals surface area contributed by atoms with Crippen LogP contribution in [-0.4, -0.2) is 32.3 Å². The number of fused-ring (bicyclic) bond motifs is 1. The summed E-state index contributed by atoms with van der Waals surface area (Å²) in [7, 11) is 0. The van der Waals surface area contributed by atoms with E-state index in [9.17, 15) is 4.79 Å². The minimum absolute atomic E-state index is 0.00317. The van der Waals surface area contributed by atoms with Gasteiger partial charge in [-0.2, -0.15) is 5.10 Å². The summed E-state index contributed by atoms with van der Waals surface area (Å²) in [6.45, 7) is 2.63. The van der Waals surface area contributed by atoms with Gasteiger partial charge >= 0.3 is 0 Å². The first-order chi connectivity index (χ1) is 17.5. The molecule has 2 fully saturated rings. The second-order valence-corrected chi connectivity index (χ2v) is 9.87. The number of aromatic nitrogens is 4. The maximum Gasteiger partial charge on any atom is 0.229 e. The summed E-state index contributed by atoms with van der Waals surface area (Å²) >= 11 is 6.37. The third-order valence-electron chi connectivity index (χ3n) is 7.12. The predicted molar refractivity (Wildman–Crippen MR) is 135 cm³/mol. The van der Waals surface area contributed by atoms with Gasteiger partial charge in [-0.15, -0.1) is 0 Å². The Labute approximate surface area is 212 Å². The zero-order valence-corrected chi connectivity index (χ0v) is 20.5. The molecule has 0 spiro atoms. The van der Waals surface area contributed by atoms with Gasteiger partial charge in [-0.1, -0.05) is 11.6 Å². The highest BCUT2D eigenvalue weighted by Gasteiger charge is 2.46. The Morgan fingerprint density at radius 2 is 2.08 bits per heavy atom. The van der Waals surface area contributed by atoms with Crippen molar-refractivity contribution in [2.45, 2.75) is 44.8 Å². The summed E-state index contributed by atoms with van der Waals surface area (Å²) in [4.78, 5) is 21.5. The van der Waals surface area contributed by atoms with Crippen LogP contribution >= 0.6 is 11.6 Å². The molecule has 6 rings (SSSR count). The molecule has 4 aromatic rings. The van der Waals surface area contributed by atoms with E-state index in [1.54, 1.807) is 30.7 Å². The van der Waals surface area contributed by atoms with Gasteiger partial charge < -0.3 is 10.1 Å². The number of carbonyl (C=O) groups is 1. The first-order valence-electron chi connectivity index (χ1n) is 12.2. The Morgan fingerprint density at radius 3 is 2.89 bits per heavy atom. The SMILES string of the molecule is Cc1ccncc1-c1cc2cc(NC(=O)[C@@H]3C[C@H]3c3ccnn3C3CCCCO3)ncc2c(Cl)c1F. The van der Waals surface area contributed by atoms with E-state index < -0.39 is 5.82 Å². The van der Waals surface area contributed by atoms with Crippen molar-refractivity contribution in [1.29, 1.82) is 0 Å². The number of ether oxygens (including phenoxy) is 1. The number of pyridine rings is 2. The van der Waals surface area contributed by atoms with Crippen LogP contribution in [0.5, 0.6) is 0 Å². The number of benzene rings is 1. The molecule has 7 nitrogen and oxygen atoms in total. The number of hydrogen-bond acceptors (Lipinski definition) is 5. The molecule has 1 amide bonds. The van der Waals surface area contributed by atoms with Gasteiger partial charge in [0.25, 0.3) is 0 Å². The molecule has 2 aliphatic rings. The van der Waals surface area contributed by atoms with E-state index in [1.165, 1.54) is 6.20 Å². The number of rotatable bonds is 5. The summed E-state index contributed by atoms with van der Waals surface area (Å²) in [5.41, 5.74) is 2.95. The number of halogens is 2. The minimum atomic E-state index is -0.516. The standard InChI is InChI=1S/C27H25ClFN5O2/c1-15-5-7-30-13-20(15)18-10-16-11-23(31-14-21(16)25(28)26(18)29)33-27(35)19-12-17(19)22-6-8-32-34(22)24-4-2-3-9-36-24/h5-8,10-11,13-14,17,19,24H,2-4,9,12H2,1H3,(H,31,33,35)/t17-,19-,24?/m1/s1. The lowest BCUT2D eigenvalue weighted by Gasteiger charge is -2.24. The monoisotopic (exact) mass is 505 g/mol. The van der Waals surface area contributed by atoms with Gasteiger partial charge in [-0.3, -0.25) is 9.78 Å². The Hall–Kier alpha value is -3.36. The molecule has 1 aliphatic heterocycles. The van der Waals surface area contributed by atoms with Gasteiger partial charge in [-0.25, -0.2) is 14.1 Å². The maximum absolute atomic E-state index is 15.1. The molecule has 1 N–H and O–H groups in total. The van der Waals surface area contributed by atoms with Crippen LogP contribution in [0.3, 0.4) is 0 Å². The minimum Gasteiger partial charge on any atom is -0.357 e. The number of nitrogens with zero attached hydrogens (tertiary/aromatic N) is 4. The Kier molecular flexibility index (Phi) is 5.93. The van der Waals surface area contributed by atoms with Gasteiger partial charge in [0.05, 0.1) is 5.02 Å². The van der Waals surface area contributed by atoms with Crippen molar-refractivity contribution in [1.82, 2.24) is 19.7 Å². The lowest BCUT2D eigenvalue weighted by atomic mass is 9.99. The van der Waals surface area contributed by atoms with Crippen molar-refractivity contribution in [3.8, 4) is 11.1 Å². The molecule has 3 aromatic heterocycles. The summed E-state index contributed by atoms with van der Waals surface area (Å²) in [6, 6.07) is 7.25. The highest BCUT2D eigenvalue weighted by molar-refractivity contribution is 6.36. The highest BCUT2D eigenvalue weighted by atomic mass is 35.5. The van der Waals surface area contributed by atoms with Gasteiger partial charge in [0.2, 0.25) is 5.91 Å². The van der Waals surface area contributed by atoms with Crippen molar-refractivity contribution in [3.63, 3.8) is 0 Å². The van der Waals surface area contributed by atoms with Crippen molar-refractivity contribution in [2.75, 3.05) is 11.9 Å². The molecule has 1 saturated heterocycles. The lowest BCUT2D eigenvalue weighted by Crippen LogP contribution is -2.21. The molecule has 0 bridgehead atoms. The second-order valence-electron chi connectivity index (χ2n) is 9.49. The van der Waals surface area contributed by atoms with E-state index in [-0.39, 0.29) is 29.0 Å². The van der Waals surface area contributed by atoms with E-state index in [0.29, 0.717) is 27.7 Å². The van der Waals surface area contributed by atoms with Crippen LogP contribution in [0.1, 0.15) is 49.1 Å². The van der Waals surface area contributed by atoms with Crippen molar-refractivity contribution in [2.24, 2.45) is 5.92 Å². The smallest absolute Gasteiger partial charge is 0.229 e. The third-order valence-corrected chi connectivity index (χ3v) is 7.49. The van der Waals surface area contributed by atoms with Crippen LogP contribution in [0.2, 0.25) is 5.02 Å². The van der Waals surface area contributed by atoms with Crippen LogP contribution in [0.4, 0.5) is 10.2 Å². The maximum atomic E-state index is 15.1. The van der Waals surface area contributed by atoms with Gasteiger partial charge in [0, 0.05) is 65.4 Å². The fraction of sp³-hybridized carbons (Fsp3) is 0.333. The quantitative estimate of drug-likeness (QED) is 0.358. The number of aryl methyl sites for hydroxylation is 1. The lowest BCUT2D eigenvalue weighted by molar-refractivity contribution is -0.117. The van der Waals surface area contributed by atoms with Crippen molar-refractivity contribution >= 4 is 34.1 Å². The van der Waals surface area contributed by atoms with Crippen LogP contribution in [0, 0.1) is 18.7 Å². The van der Waals surface area contributed by atoms with E-state index in [0.717, 1.165) is 43.5 Å². The number of amides is 1. The van der Waals surface area contributed by atoms with Crippen LogP contribution < -0.4 is 5.32 Å². The Balaban J connectivity index is 1.23. The van der Waals surface area contributed by atoms with Crippen molar-refractivity contribution < 1.29 is 13.9 Å². The molecule has 184 valence electrons. The number of anilines is 1. The van der Waals surface area contributed by atoms with Gasteiger partial charge in [-0.05, 0) is 67.8 Å². The first kappa shape index (κ1) is 23.1. The topological polar surface area (TPSA) is 81.9 Å². The fourth-order valence-corrected chi connectivity index (χ4v) is 5.30. The fourth-order valence-electron chi connectivity index (χ4n) is 5.05. The van der Waals surface area contributed by atoms with Crippen LogP contribution in [0.15, 0.2) is 49.1 Å². The molecular formula is C27H25ClFN5O2. The van der Waals surface area contributed by atoms with E-state index in [4.69, 9.17) is 16.3 Å². The molecule has 1 aliphatic carbocycles. The Bertz CT molecular complexity index is 1470. The molecular weight excluding hydrogens is 481 g/mol. The molecule has 36 heavy (non-hydrogen) atoms. The average molecular weight is 506 g/mol. The van der Waals surface area contributed by atoms with Crippen LogP contribution in [0.25, 0.3) is 21.9 Å². The number of nitrogens with one attached hydrogen (secondary N) is 1. The van der Waals surface area contributed by atoms with Gasteiger partial charge in [0.15, 0.2) is 0 Å². The predicted octanol–water partition coefficient (Wildman–Crippen LogP) is 6.04. The second kappa shape index (κ2) is 9.26. The zero-order valence-electron chi connectivity index (χ0n) is 19.7. The molecule has 0 radical (unpaired) electrons. The summed E-state index contributed by atoms with van der Waals surface area (Å²) in [5.74, 6) is -0.271. The largest absolute Gasteiger partial charge is 0.357 e. The first-order valence-corrected chi connectivity index (χ1v) is 12.5. The molecule has 1 unspecified atom stereocenters. The third kappa shape index (κ3) is 4.14. The molecule has 4 heterocycles. The van der Waals surface area contributed by atoms with Crippen molar-refractivity contribution in [3.05, 3.63) is 71.2 Å². The average Bonchev–Trinajstić information content (AvgIpc) is 3.55. The number of carbonyl (C=O) groups excluding carboxylic acids is 1. The molecule has 9 heteroatoms. The summed E-state index contributed by atoms with van der Waals surface area (Å²) in [5, 5.41) is 8.57. The molecule has 1 saturated carbocycles.